The summed E-state index contributed by atoms with van der Waals surface area (Å²) in [6.45, 7) is 11.0. The molecule has 8 nitrogen and oxygen atoms in total. The summed E-state index contributed by atoms with van der Waals surface area (Å²) in [7, 11) is -0.503. The molecule has 0 bridgehead atoms. The summed E-state index contributed by atoms with van der Waals surface area (Å²) in [5.41, 5.74) is 10.2. The van der Waals surface area contributed by atoms with Gasteiger partial charge in [-0.1, -0.05) is 56.2 Å². The second-order valence-electron chi connectivity index (χ2n) is 9.66. The highest BCUT2D eigenvalue weighted by atomic mass is 28.4. The lowest BCUT2D eigenvalue weighted by Gasteiger charge is -2.38. The molecule has 0 spiro atoms. The predicted octanol–water partition coefficient (Wildman–Crippen LogP) is 5.72. The standard InChI is InChI=1S/C25H37N3O5Si/c1-25(2,3)34(5,6)33-18-23(29)24(32-16-19-10-8-7-9-11-19)22(27-28-26)17-31-21-14-12-20(30-4)13-15-21/h7-15,22-24,29H,16-18H2,1-6H3/t22-,23-,24-/m0/s1. The number of ether oxygens (including phenoxy) is 3. The van der Waals surface area contributed by atoms with Crippen LogP contribution in [0.25, 0.3) is 10.4 Å². The fourth-order valence-corrected chi connectivity index (χ4v) is 3.98. The number of nitrogens with zero attached hydrogens (tertiary/aromatic N) is 3. The maximum atomic E-state index is 11.1. The molecule has 2 rings (SSSR count). The van der Waals surface area contributed by atoms with Gasteiger partial charge in [-0.3, -0.25) is 0 Å². The summed E-state index contributed by atoms with van der Waals surface area (Å²) < 4.78 is 23.4. The van der Waals surface area contributed by atoms with Gasteiger partial charge in [-0.05, 0) is 53.5 Å². The third kappa shape index (κ3) is 8.34. The fraction of sp³-hybridized carbons (Fsp3) is 0.520. The number of rotatable bonds is 13. The van der Waals surface area contributed by atoms with Crippen molar-refractivity contribution < 1.29 is 23.7 Å². The Kier molecular flexibility index (Phi) is 10.4. The van der Waals surface area contributed by atoms with E-state index in [1.54, 1.807) is 31.4 Å². The molecule has 0 saturated heterocycles. The van der Waals surface area contributed by atoms with E-state index in [1.165, 1.54) is 0 Å². The highest BCUT2D eigenvalue weighted by Gasteiger charge is 2.39. The van der Waals surface area contributed by atoms with Crippen LogP contribution in [0.2, 0.25) is 18.1 Å². The van der Waals surface area contributed by atoms with Crippen LogP contribution >= 0.6 is 0 Å². The third-order valence-electron chi connectivity index (χ3n) is 6.15. The van der Waals surface area contributed by atoms with Crippen molar-refractivity contribution in [2.24, 2.45) is 5.11 Å². The molecule has 0 aromatic heterocycles. The van der Waals surface area contributed by atoms with Crippen LogP contribution < -0.4 is 9.47 Å². The highest BCUT2D eigenvalue weighted by Crippen LogP contribution is 2.36. The van der Waals surface area contributed by atoms with Gasteiger partial charge in [-0.2, -0.15) is 0 Å². The summed E-state index contributed by atoms with van der Waals surface area (Å²) in [5.74, 6) is 1.30. The molecule has 0 unspecified atom stereocenters. The van der Waals surface area contributed by atoms with Crippen molar-refractivity contribution in [2.45, 2.75) is 63.8 Å². The minimum Gasteiger partial charge on any atom is -0.497 e. The van der Waals surface area contributed by atoms with Gasteiger partial charge in [0.25, 0.3) is 0 Å². The number of methoxy groups -OCH3 is 1. The van der Waals surface area contributed by atoms with E-state index < -0.39 is 26.6 Å². The first kappa shape index (κ1) is 27.7. The van der Waals surface area contributed by atoms with Gasteiger partial charge >= 0.3 is 0 Å². The summed E-state index contributed by atoms with van der Waals surface area (Å²) in [6, 6.07) is 16.0. The molecule has 0 aliphatic heterocycles. The van der Waals surface area contributed by atoms with Crippen molar-refractivity contribution in [3.05, 3.63) is 70.6 Å². The predicted molar refractivity (Wildman–Crippen MR) is 136 cm³/mol. The zero-order chi connectivity index (χ0) is 25.2. The Hall–Kier alpha value is -2.55. The molecule has 186 valence electrons. The summed E-state index contributed by atoms with van der Waals surface area (Å²) in [6.07, 6.45) is -1.83. The van der Waals surface area contributed by atoms with Crippen molar-refractivity contribution in [3.8, 4) is 11.5 Å². The molecular weight excluding hydrogens is 450 g/mol. The van der Waals surface area contributed by atoms with Crippen molar-refractivity contribution >= 4 is 8.32 Å². The van der Waals surface area contributed by atoms with Gasteiger partial charge in [0.2, 0.25) is 0 Å². The number of azide groups is 1. The minimum absolute atomic E-state index is 0.00516. The molecule has 0 radical (unpaired) electrons. The third-order valence-corrected chi connectivity index (χ3v) is 10.6. The molecular formula is C25H37N3O5Si. The summed E-state index contributed by atoms with van der Waals surface area (Å²) in [4.78, 5) is 2.98. The van der Waals surface area contributed by atoms with Crippen LogP contribution in [-0.4, -0.2) is 52.0 Å². The lowest BCUT2D eigenvalue weighted by molar-refractivity contribution is -0.0788. The van der Waals surface area contributed by atoms with E-state index in [4.69, 9.17) is 18.6 Å². The Morgan fingerprint density at radius 1 is 1.00 bits per heavy atom. The van der Waals surface area contributed by atoms with E-state index in [9.17, 15) is 10.6 Å². The molecule has 0 aliphatic carbocycles. The first-order chi connectivity index (χ1) is 16.1. The normalized spacial score (nSPS) is 14.6. The zero-order valence-electron chi connectivity index (χ0n) is 21.0. The number of aliphatic hydroxyl groups is 1. The van der Waals surface area contributed by atoms with Crippen molar-refractivity contribution in [3.63, 3.8) is 0 Å². The van der Waals surface area contributed by atoms with E-state index >= 15 is 0 Å². The van der Waals surface area contributed by atoms with Crippen LogP contribution in [0.15, 0.2) is 59.7 Å². The number of benzene rings is 2. The summed E-state index contributed by atoms with van der Waals surface area (Å²) >= 11 is 0. The molecule has 3 atom stereocenters. The topological polar surface area (TPSA) is 106 Å². The number of aliphatic hydroxyl groups excluding tert-OH is 1. The van der Waals surface area contributed by atoms with E-state index in [0.29, 0.717) is 11.5 Å². The van der Waals surface area contributed by atoms with Gasteiger partial charge in [-0.15, -0.1) is 0 Å². The molecule has 9 heteroatoms. The molecule has 0 heterocycles. The Balaban J connectivity index is 2.17. The minimum atomic E-state index is -2.10. The zero-order valence-corrected chi connectivity index (χ0v) is 22.0. The maximum Gasteiger partial charge on any atom is 0.192 e. The molecule has 0 saturated carbocycles. The molecule has 34 heavy (non-hydrogen) atoms. The number of hydrogen-bond donors (Lipinski definition) is 1. The monoisotopic (exact) mass is 487 g/mol. The van der Waals surface area contributed by atoms with Crippen LogP contribution in [0, 0.1) is 0 Å². The quantitative estimate of drug-likeness (QED) is 0.168. The molecule has 0 aliphatic rings. The van der Waals surface area contributed by atoms with Gasteiger partial charge in [0.05, 0.1) is 33.0 Å². The van der Waals surface area contributed by atoms with Gasteiger partial charge in [0.1, 0.15) is 23.6 Å². The van der Waals surface area contributed by atoms with Crippen molar-refractivity contribution in [1.29, 1.82) is 0 Å². The average Bonchev–Trinajstić information content (AvgIpc) is 2.81. The molecule has 2 aromatic carbocycles. The molecule has 2 aromatic rings. The first-order valence-corrected chi connectivity index (χ1v) is 14.3. The van der Waals surface area contributed by atoms with Gasteiger partial charge in [0, 0.05) is 4.91 Å². The maximum absolute atomic E-state index is 11.1. The Labute approximate surface area is 203 Å². The highest BCUT2D eigenvalue weighted by molar-refractivity contribution is 6.74. The van der Waals surface area contributed by atoms with Crippen LogP contribution in [0.5, 0.6) is 11.5 Å². The Morgan fingerprint density at radius 3 is 2.18 bits per heavy atom. The van der Waals surface area contributed by atoms with E-state index in [2.05, 4.69) is 43.9 Å². The lowest BCUT2D eigenvalue weighted by atomic mass is 10.1. The fourth-order valence-electron chi connectivity index (χ4n) is 2.96. The smallest absolute Gasteiger partial charge is 0.192 e. The average molecular weight is 488 g/mol. The van der Waals surface area contributed by atoms with Gasteiger partial charge < -0.3 is 23.7 Å². The number of hydrogen-bond acceptors (Lipinski definition) is 6. The molecule has 1 N–H and O–H groups in total. The van der Waals surface area contributed by atoms with Gasteiger partial charge in [0.15, 0.2) is 8.32 Å². The van der Waals surface area contributed by atoms with Gasteiger partial charge in [-0.25, -0.2) is 0 Å². The van der Waals surface area contributed by atoms with Crippen LogP contribution in [-0.2, 0) is 15.8 Å². The van der Waals surface area contributed by atoms with Crippen LogP contribution in [0.1, 0.15) is 26.3 Å². The van der Waals surface area contributed by atoms with E-state index in [-0.39, 0.29) is 24.9 Å². The van der Waals surface area contributed by atoms with Crippen molar-refractivity contribution in [2.75, 3.05) is 20.3 Å². The second-order valence-corrected chi connectivity index (χ2v) is 14.5. The van der Waals surface area contributed by atoms with E-state index in [1.807, 2.05) is 30.3 Å². The Bertz CT molecular complexity index is 912. The van der Waals surface area contributed by atoms with Crippen LogP contribution in [0.3, 0.4) is 0 Å². The summed E-state index contributed by atoms with van der Waals surface area (Å²) in [5, 5.41) is 15.0. The Morgan fingerprint density at radius 2 is 1.62 bits per heavy atom. The largest absolute Gasteiger partial charge is 0.497 e. The lowest BCUT2D eigenvalue weighted by Crippen LogP contribution is -2.48. The van der Waals surface area contributed by atoms with Crippen LogP contribution in [0.4, 0.5) is 0 Å². The first-order valence-electron chi connectivity index (χ1n) is 11.4. The van der Waals surface area contributed by atoms with Crippen molar-refractivity contribution in [1.82, 2.24) is 0 Å². The SMILES string of the molecule is COc1ccc(OC[C@H](N=[N+]=[N-])[C@H](OCc2ccccc2)[C@@H](O)CO[Si](C)(C)C(C)(C)C)cc1. The molecule has 0 amide bonds. The molecule has 0 fully saturated rings. The second kappa shape index (κ2) is 12.8. The van der Waals surface area contributed by atoms with E-state index in [0.717, 1.165) is 5.56 Å².